The number of nitrogens with zero attached hydrogens (tertiary/aromatic N) is 2. The fourth-order valence-corrected chi connectivity index (χ4v) is 12.0. The van der Waals surface area contributed by atoms with E-state index in [-0.39, 0.29) is 0 Å². The van der Waals surface area contributed by atoms with E-state index in [1.165, 1.54) is 98.0 Å². The zero-order valence-corrected chi connectivity index (χ0v) is 42.3. The molecule has 0 fully saturated rings. The third kappa shape index (κ3) is 7.27. The Morgan fingerprint density at radius 1 is 0.284 bits per heavy atom. The molecule has 0 unspecified atom stereocenters. The zero-order chi connectivity index (χ0) is 49.9. The summed E-state index contributed by atoms with van der Waals surface area (Å²) in [5.41, 5.74) is 14.2. The maximum absolute atomic E-state index is 5.94. The van der Waals surface area contributed by atoms with Gasteiger partial charge in [0.15, 0.2) is 0 Å². The summed E-state index contributed by atoms with van der Waals surface area (Å²) in [5, 5.41) is 15.1. The van der Waals surface area contributed by atoms with Crippen LogP contribution in [0.3, 0.4) is 0 Å². The van der Waals surface area contributed by atoms with Gasteiger partial charge in [-0.15, -0.1) is 0 Å². The van der Waals surface area contributed by atoms with Gasteiger partial charge in [-0.2, -0.15) is 0 Å². The van der Waals surface area contributed by atoms with Crippen molar-refractivity contribution in [1.29, 1.82) is 0 Å². The molecule has 0 heterocycles. The second kappa shape index (κ2) is 18.6. The number of fused-ring (bicyclic) bond motifs is 6. The molecule has 358 valence electrons. The smallest absolute Gasteiger partial charge is 0.119 e. The highest BCUT2D eigenvalue weighted by molar-refractivity contribution is 6.47. The summed E-state index contributed by atoms with van der Waals surface area (Å²) in [4.78, 5) is 4.83. The Kier molecular flexibility index (Phi) is 11.3. The SMILES string of the molecule is CCOc1ccc(N(c2ccc(CC)cc2)c2ccc3c4c(-c5ccccc5)c5c6cccc7c(N(c8ccc(CC)cc8)c8ccc(OCC)cc8)ccc(c5c(-c5ccccc5)c4c4cccc2c43)c76)cc1. The van der Waals surface area contributed by atoms with E-state index in [1.54, 1.807) is 0 Å². The lowest BCUT2D eigenvalue weighted by atomic mass is 9.87. The van der Waals surface area contributed by atoms with Crippen LogP contribution in [0, 0.1) is 0 Å². The van der Waals surface area contributed by atoms with Gasteiger partial charge in [-0.05, 0) is 199 Å². The van der Waals surface area contributed by atoms with Crippen LogP contribution in [0.5, 0.6) is 11.5 Å². The number of hydrogen-bond donors (Lipinski definition) is 0. The van der Waals surface area contributed by atoms with E-state index < -0.39 is 0 Å². The van der Waals surface area contributed by atoms with E-state index in [1.807, 2.05) is 13.8 Å². The highest BCUT2D eigenvalue weighted by Crippen LogP contribution is 2.57. The molecule has 0 aliphatic heterocycles. The average Bonchev–Trinajstić information content (AvgIpc) is 4.00. The molecule has 0 amide bonds. The lowest BCUT2D eigenvalue weighted by molar-refractivity contribution is 0.340. The molecule has 0 aliphatic carbocycles. The fourth-order valence-electron chi connectivity index (χ4n) is 12.0. The first kappa shape index (κ1) is 45.0. The summed E-state index contributed by atoms with van der Waals surface area (Å²) in [6.45, 7) is 9.73. The Morgan fingerprint density at radius 2 is 0.608 bits per heavy atom. The van der Waals surface area contributed by atoms with E-state index in [0.29, 0.717) is 13.2 Å². The normalized spacial score (nSPS) is 11.7. The van der Waals surface area contributed by atoms with Crippen LogP contribution < -0.4 is 19.3 Å². The summed E-state index contributed by atoms with van der Waals surface area (Å²) in [6, 6.07) is 80.9. The van der Waals surface area contributed by atoms with E-state index in [0.717, 1.165) is 58.5 Å². The lowest BCUT2D eigenvalue weighted by Gasteiger charge is -2.27. The van der Waals surface area contributed by atoms with Gasteiger partial charge in [0.05, 0.1) is 24.6 Å². The Labute approximate surface area is 432 Å². The Hall–Kier alpha value is -8.86. The van der Waals surface area contributed by atoms with Crippen molar-refractivity contribution in [2.75, 3.05) is 23.0 Å². The van der Waals surface area contributed by atoms with Crippen molar-refractivity contribution in [2.24, 2.45) is 0 Å². The molecule has 13 rings (SSSR count). The summed E-state index contributed by atoms with van der Waals surface area (Å²) in [6.07, 6.45) is 1.96. The van der Waals surface area contributed by atoms with E-state index >= 15 is 0 Å². The average molecular weight is 957 g/mol. The van der Waals surface area contributed by atoms with Gasteiger partial charge in [-0.1, -0.05) is 147 Å². The van der Waals surface area contributed by atoms with Crippen molar-refractivity contribution in [2.45, 2.75) is 40.5 Å². The van der Waals surface area contributed by atoms with Crippen molar-refractivity contribution < 1.29 is 9.47 Å². The van der Waals surface area contributed by atoms with E-state index in [4.69, 9.17) is 9.47 Å². The van der Waals surface area contributed by atoms with Gasteiger partial charge in [0.1, 0.15) is 11.5 Å². The zero-order valence-electron chi connectivity index (χ0n) is 42.3. The molecule has 0 saturated carbocycles. The van der Waals surface area contributed by atoms with Crippen molar-refractivity contribution in [3.8, 4) is 33.8 Å². The standard InChI is InChI=1S/C70H56N2O2/c1-5-45-25-29-49(30-26-45)71(51-33-37-53(38-34-51)73-7-3)61-43-41-59-65-55(61)21-15-23-57(65)67-63(47-17-11-9-12-18-47)70-60-42-44-62(72(50-31-27-46(6-2)28-32-50)52-35-39-54(40-36-52)74-8-4)56-22-16-24-58(66(56)60)68(70)64(69(59)67)48-19-13-10-14-20-48/h9-44H,5-8H2,1-4H3. The van der Waals surface area contributed by atoms with Gasteiger partial charge in [-0.3, -0.25) is 0 Å². The number of rotatable bonds is 14. The topological polar surface area (TPSA) is 24.9 Å². The Morgan fingerprint density at radius 3 is 0.946 bits per heavy atom. The van der Waals surface area contributed by atoms with Crippen LogP contribution in [0.2, 0.25) is 0 Å². The molecule has 0 saturated heterocycles. The molecule has 0 aromatic heterocycles. The number of anilines is 6. The molecule has 0 aliphatic rings. The van der Waals surface area contributed by atoms with Crippen LogP contribution >= 0.6 is 0 Å². The third-order valence-corrected chi connectivity index (χ3v) is 15.2. The second-order valence-electron chi connectivity index (χ2n) is 19.3. The molecule has 0 N–H and O–H groups in total. The van der Waals surface area contributed by atoms with Crippen LogP contribution in [0.15, 0.2) is 218 Å². The van der Waals surface area contributed by atoms with Gasteiger partial charge in [0.25, 0.3) is 0 Å². The molecule has 4 nitrogen and oxygen atoms in total. The molecule has 4 heteroatoms. The van der Waals surface area contributed by atoms with Crippen LogP contribution in [-0.4, -0.2) is 13.2 Å². The molecule has 0 spiro atoms. The fraction of sp³-hybridized carbons (Fsp3) is 0.114. The maximum atomic E-state index is 5.94. The number of hydrogen-bond acceptors (Lipinski definition) is 4. The Balaban J connectivity index is 1.14. The van der Waals surface area contributed by atoms with Gasteiger partial charge in [-0.25, -0.2) is 0 Å². The number of ether oxygens (including phenoxy) is 2. The van der Waals surface area contributed by atoms with Gasteiger partial charge in [0, 0.05) is 33.5 Å². The number of aryl methyl sites for hydroxylation is 2. The van der Waals surface area contributed by atoms with Crippen LogP contribution in [-0.2, 0) is 12.8 Å². The van der Waals surface area contributed by atoms with Crippen molar-refractivity contribution in [3.63, 3.8) is 0 Å². The first-order chi connectivity index (χ1) is 36.6. The summed E-state index contributed by atoms with van der Waals surface area (Å²) in [5.74, 6) is 1.73. The molecule has 74 heavy (non-hydrogen) atoms. The van der Waals surface area contributed by atoms with E-state index in [2.05, 4.69) is 242 Å². The summed E-state index contributed by atoms with van der Waals surface area (Å²) in [7, 11) is 0. The molecular formula is C70H56N2O2. The van der Waals surface area contributed by atoms with Crippen molar-refractivity contribution in [3.05, 3.63) is 230 Å². The maximum Gasteiger partial charge on any atom is 0.119 e. The minimum atomic E-state index is 0.620. The van der Waals surface area contributed by atoms with Gasteiger partial charge < -0.3 is 19.3 Å². The highest BCUT2D eigenvalue weighted by Gasteiger charge is 2.30. The van der Waals surface area contributed by atoms with Crippen LogP contribution in [0.25, 0.3) is 86.9 Å². The lowest BCUT2D eigenvalue weighted by Crippen LogP contribution is -2.10. The summed E-state index contributed by atoms with van der Waals surface area (Å²) < 4.78 is 11.9. The second-order valence-corrected chi connectivity index (χ2v) is 19.3. The minimum absolute atomic E-state index is 0.620. The van der Waals surface area contributed by atoms with Crippen molar-refractivity contribution >= 4 is 98.8 Å². The molecule has 0 bridgehead atoms. The quantitative estimate of drug-likeness (QED) is 0.108. The van der Waals surface area contributed by atoms with Gasteiger partial charge >= 0.3 is 0 Å². The molecular weight excluding hydrogens is 901 g/mol. The predicted octanol–water partition coefficient (Wildman–Crippen LogP) is 19.7. The predicted molar refractivity (Wildman–Crippen MR) is 315 cm³/mol. The Bertz CT molecular complexity index is 3800. The first-order valence-electron chi connectivity index (χ1n) is 26.3. The first-order valence-corrected chi connectivity index (χ1v) is 26.3. The largest absolute Gasteiger partial charge is 0.494 e. The molecule has 13 aromatic carbocycles. The van der Waals surface area contributed by atoms with E-state index in [9.17, 15) is 0 Å². The van der Waals surface area contributed by atoms with Crippen molar-refractivity contribution in [1.82, 2.24) is 0 Å². The molecule has 13 aromatic rings. The number of benzene rings is 11. The summed E-state index contributed by atoms with van der Waals surface area (Å²) >= 11 is 0. The van der Waals surface area contributed by atoms with Crippen LogP contribution in [0.1, 0.15) is 38.8 Å². The minimum Gasteiger partial charge on any atom is -0.494 e. The monoisotopic (exact) mass is 956 g/mol. The molecule has 0 atom stereocenters. The highest BCUT2D eigenvalue weighted by atomic mass is 16.5. The third-order valence-electron chi connectivity index (χ3n) is 15.2. The molecule has 0 radical (unpaired) electrons. The van der Waals surface area contributed by atoms with Gasteiger partial charge in [0.2, 0.25) is 0 Å². The van der Waals surface area contributed by atoms with Crippen LogP contribution in [0.4, 0.5) is 34.1 Å².